The number of anilines is 1. The minimum atomic E-state index is -0.144. The van der Waals surface area contributed by atoms with Crippen LogP contribution in [-0.4, -0.2) is 32.2 Å². The van der Waals surface area contributed by atoms with Gasteiger partial charge in [0.1, 0.15) is 6.04 Å². The van der Waals surface area contributed by atoms with Gasteiger partial charge in [-0.2, -0.15) is 0 Å². The third kappa shape index (κ3) is 2.33. The molecule has 0 fully saturated rings. The fourth-order valence-electron chi connectivity index (χ4n) is 1.86. The molecule has 0 aliphatic carbocycles. The van der Waals surface area contributed by atoms with Crippen molar-refractivity contribution in [3.8, 4) is 0 Å². The Morgan fingerprint density at radius 3 is 3.12 bits per heavy atom. The molecule has 1 heterocycles. The first-order chi connectivity index (χ1) is 7.81. The molecule has 2 N–H and O–H groups in total. The van der Waals surface area contributed by atoms with Crippen LogP contribution in [0.5, 0.6) is 0 Å². The fraction of sp³-hybridized carbons (Fsp3) is 0.417. The van der Waals surface area contributed by atoms with Gasteiger partial charge in [0.15, 0.2) is 0 Å². The van der Waals surface area contributed by atoms with E-state index in [9.17, 15) is 4.79 Å². The Kier molecular flexibility index (Phi) is 3.41. The van der Waals surface area contributed by atoms with Crippen molar-refractivity contribution < 1.29 is 9.53 Å². The number of carbonyl (C=O) groups is 1. The number of para-hydroxylation sites is 1. The Balaban J connectivity index is 1.88. The number of amides is 1. The predicted molar refractivity (Wildman–Crippen MR) is 62.4 cm³/mol. The van der Waals surface area contributed by atoms with Gasteiger partial charge in [-0.05, 0) is 11.6 Å². The molecule has 1 aliphatic heterocycles. The van der Waals surface area contributed by atoms with Gasteiger partial charge in [-0.25, -0.2) is 0 Å². The second-order valence-electron chi connectivity index (χ2n) is 3.84. The van der Waals surface area contributed by atoms with Crippen molar-refractivity contribution in [2.45, 2.75) is 12.5 Å². The van der Waals surface area contributed by atoms with Crippen molar-refractivity contribution in [2.24, 2.45) is 0 Å². The lowest BCUT2D eigenvalue weighted by Gasteiger charge is -2.11. The van der Waals surface area contributed by atoms with E-state index in [1.165, 1.54) is 5.56 Å². The summed E-state index contributed by atoms with van der Waals surface area (Å²) in [6, 6.07) is 7.86. The standard InChI is InChI=1S/C12H16N2O2/c1-16-7-6-13-12(15)11-8-9-4-2-3-5-10(9)14-11/h2-5,11,14H,6-8H2,1H3,(H,13,15). The van der Waals surface area contributed by atoms with Gasteiger partial charge in [0.05, 0.1) is 6.61 Å². The number of carbonyl (C=O) groups excluding carboxylic acids is 1. The van der Waals surface area contributed by atoms with Crippen molar-refractivity contribution in [2.75, 3.05) is 25.6 Å². The summed E-state index contributed by atoms with van der Waals surface area (Å²) in [4.78, 5) is 11.8. The van der Waals surface area contributed by atoms with Crippen LogP contribution in [0.1, 0.15) is 5.56 Å². The zero-order chi connectivity index (χ0) is 11.4. The molecular formula is C12H16N2O2. The van der Waals surface area contributed by atoms with E-state index in [1.54, 1.807) is 7.11 Å². The third-order valence-electron chi connectivity index (χ3n) is 2.69. The number of hydrogen-bond acceptors (Lipinski definition) is 3. The van der Waals surface area contributed by atoms with Gasteiger partial charge in [-0.1, -0.05) is 18.2 Å². The minimum absolute atomic E-state index is 0.0354. The van der Waals surface area contributed by atoms with E-state index in [0.717, 1.165) is 12.1 Å². The Morgan fingerprint density at radius 1 is 1.56 bits per heavy atom. The first kappa shape index (κ1) is 11.0. The molecule has 0 radical (unpaired) electrons. The Bertz CT molecular complexity index is 354. The topological polar surface area (TPSA) is 50.4 Å². The molecule has 4 nitrogen and oxygen atoms in total. The zero-order valence-electron chi connectivity index (χ0n) is 9.32. The monoisotopic (exact) mass is 220 g/mol. The Hall–Kier alpha value is -1.55. The van der Waals surface area contributed by atoms with Gasteiger partial charge in [-0.15, -0.1) is 0 Å². The number of fused-ring (bicyclic) bond motifs is 1. The van der Waals surface area contributed by atoms with E-state index in [2.05, 4.69) is 10.6 Å². The van der Waals surface area contributed by atoms with Crippen LogP contribution >= 0.6 is 0 Å². The highest BCUT2D eigenvalue weighted by molar-refractivity contribution is 5.87. The van der Waals surface area contributed by atoms with E-state index in [4.69, 9.17) is 4.74 Å². The van der Waals surface area contributed by atoms with Crippen molar-refractivity contribution in [1.82, 2.24) is 5.32 Å². The Morgan fingerprint density at radius 2 is 2.38 bits per heavy atom. The average Bonchev–Trinajstić information content (AvgIpc) is 2.73. The van der Waals surface area contributed by atoms with Crippen LogP contribution in [0.3, 0.4) is 0 Å². The van der Waals surface area contributed by atoms with Gasteiger partial charge >= 0.3 is 0 Å². The summed E-state index contributed by atoms with van der Waals surface area (Å²) in [5, 5.41) is 6.04. The fourth-order valence-corrected chi connectivity index (χ4v) is 1.86. The molecule has 2 rings (SSSR count). The number of hydrogen-bond donors (Lipinski definition) is 2. The zero-order valence-corrected chi connectivity index (χ0v) is 9.32. The molecule has 1 unspecified atom stereocenters. The molecule has 4 heteroatoms. The van der Waals surface area contributed by atoms with Crippen LogP contribution in [0.2, 0.25) is 0 Å². The van der Waals surface area contributed by atoms with E-state index in [-0.39, 0.29) is 11.9 Å². The lowest BCUT2D eigenvalue weighted by Crippen LogP contribution is -2.39. The van der Waals surface area contributed by atoms with Crippen molar-refractivity contribution in [3.05, 3.63) is 29.8 Å². The molecule has 1 amide bonds. The molecule has 0 bridgehead atoms. The molecule has 1 atom stereocenters. The van der Waals surface area contributed by atoms with Crippen LogP contribution in [0.25, 0.3) is 0 Å². The lowest BCUT2D eigenvalue weighted by molar-refractivity contribution is -0.121. The summed E-state index contributed by atoms with van der Waals surface area (Å²) in [7, 11) is 1.62. The highest BCUT2D eigenvalue weighted by Crippen LogP contribution is 2.24. The summed E-state index contributed by atoms with van der Waals surface area (Å²) in [5.74, 6) is 0.0354. The molecular weight excluding hydrogens is 204 g/mol. The van der Waals surface area contributed by atoms with Gasteiger partial charge < -0.3 is 15.4 Å². The summed E-state index contributed by atoms with van der Waals surface area (Å²) in [5.41, 5.74) is 2.27. The van der Waals surface area contributed by atoms with Gasteiger partial charge in [0.25, 0.3) is 0 Å². The second-order valence-corrected chi connectivity index (χ2v) is 3.84. The highest BCUT2D eigenvalue weighted by atomic mass is 16.5. The maximum absolute atomic E-state index is 11.8. The van der Waals surface area contributed by atoms with E-state index in [0.29, 0.717) is 13.2 Å². The van der Waals surface area contributed by atoms with Gasteiger partial charge in [0.2, 0.25) is 5.91 Å². The molecule has 0 saturated heterocycles. The van der Waals surface area contributed by atoms with Crippen LogP contribution in [0, 0.1) is 0 Å². The van der Waals surface area contributed by atoms with Crippen LogP contribution in [0.15, 0.2) is 24.3 Å². The van der Waals surface area contributed by atoms with E-state index < -0.39 is 0 Å². The first-order valence-corrected chi connectivity index (χ1v) is 5.42. The summed E-state index contributed by atoms with van der Waals surface area (Å²) >= 11 is 0. The SMILES string of the molecule is COCCNC(=O)C1Cc2ccccc2N1. The number of ether oxygens (including phenoxy) is 1. The number of methoxy groups -OCH3 is 1. The number of nitrogens with one attached hydrogen (secondary N) is 2. The largest absolute Gasteiger partial charge is 0.383 e. The predicted octanol–water partition coefficient (Wildman–Crippen LogP) is 0.786. The molecule has 1 aromatic rings. The third-order valence-corrected chi connectivity index (χ3v) is 2.69. The number of rotatable bonds is 4. The van der Waals surface area contributed by atoms with Gasteiger partial charge in [0, 0.05) is 25.8 Å². The average molecular weight is 220 g/mol. The normalized spacial score (nSPS) is 17.7. The highest BCUT2D eigenvalue weighted by Gasteiger charge is 2.25. The van der Waals surface area contributed by atoms with Crippen LogP contribution in [0.4, 0.5) is 5.69 Å². The number of benzene rings is 1. The van der Waals surface area contributed by atoms with Crippen LogP contribution < -0.4 is 10.6 Å². The second kappa shape index (κ2) is 4.99. The smallest absolute Gasteiger partial charge is 0.242 e. The Labute approximate surface area is 95.0 Å². The van der Waals surface area contributed by atoms with Gasteiger partial charge in [-0.3, -0.25) is 4.79 Å². The lowest BCUT2D eigenvalue weighted by atomic mass is 10.1. The molecule has 0 saturated carbocycles. The summed E-state index contributed by atoms with van der Waals surface area (Å²) < 4.78 is 4.88. The molecule has 86 valence electrons. The quantitative estimate of drug-likeness (QED) is 0.737. The maximum Gasteiger partial charge on any atom is 0.242 e. The molecule has 0 aromatic heterocycles. The summed E-state index contributed by atoms with van der Waals surface area (Å²) in [6.45, 7) is 1.11. The first-order valence-electron chi connectivity index (χ1n) is 5.42. The molecule has 1 aliphatic rings. The molecule has 16 heavy (non-hydrogen) atoms. The molecule has 0 spiro atoms. The van der Waals surface area contributed by atoms with Crippen LogP contribution in [-0.2, 0) is 16.0 Å². The maximum atomic E-state index is 11.8. The van der Waals surface area contributed by atoms with Crippen molar-refractivity contribution in [3.63, 3.8) is 0 Å². The van der Waals surface area contributed by atoms with Crippen molar-refractivity contribution in [1.29, 1.82) is 0 Å². The molecule has 1 aromatic carbocycles. The van der Waals surface area contributed by atoms with E-state index in [1.807, 2.05) is 24.3 Å². The van der Waals surface area contributed by atoms with Crippen molar-refractivity contribution >= 4 is 11.6 Å². The minimum Gasteiger partial charge on any atom is -0.383 e. The summed E-state index contributed by atoms with van der Waals surface area (Å²) in [6.07, 6.45) is 0.759. The van der Waals surface area contributed by atoms with E-state index >= 15 is 0 Å².